The van der Waals surface area contributed by atoms with Gasteiger partial charge in [0.25, 0.3) is 0 Å². The Labute approximate surface area is 143 Å². The molecule has 2 aromatic rings. The lowest BCUT2D eigenvalue weighted by atomic mass is 9.75. The number of hydrogen-bond donors (Lipinski definition) is 0. The molecule has 0 saturated carbocycles. The highest BCUT2D eigenvalue weighted by Crippen LogP contribution is 2.38. The lowest BCUT2D eigenvalue weighted by molar-refractivity contribution is -0.214. The molecule has 2 heterocycles. The molecule has 0 radical (unpaired) electrons. The second-order valence-corrected chi connectivity index (χ2v) is 6.81. The molecule has 0 N–H and O–H groups in total. The maximum Gasteiger partial charge on any atom is 0.232 e. The van der Waals surface area contributed by atoms with E-state index in [9.17, 15) is 4.79 Å². The van der Waals surface area contributed by atoms with Gasteiger partial charge in [0, 0.05) is 6.54 Å². The van der Waals surface area contributed by atoms with E-state index < -0.39 is 0 Å². The number of fused-ring (bicyclic) bond motifs is 1. The SMILES string of the molecule is O=C1[C@@H](C(Cc2ccccc2)Cc2ccccc2)[C@@H]2OCCCN12. The number of hydrogen-bond acceptors (Lipinski definition) is 2. The third-order valence-corrected chi connectivity index (χ3v) is 5.20. The zero-order valence-corrected chi connectivity index (χ0v) is 13.8. The molecule has 4 rings (SSSR count). The Morgan fingerprint density at radius 3 is 2.12 bits per heavy atom. The Morgan fingerprint density at radius 2 is 1.54 bits per heavy atom. The maximum absolute atomic E-state index is 12.7. The van der Waals surface area contributed by atoms with E-state index in [-0.39, 0.29) is 24.0 Å². The predicted molar refractivity (Wildman–Crippen MR) is 93.3 cm³/mol. The standard InChI is InChI=1S/C21H23NO2/c23-20-19(21-22(20)12-7-13-24-21)18(14-16-8-3-1-4-9-16)15-17-10-5-2-6-11-17/h1-6,8-11,18-19,21H,7,12-15H2/t19-,21+/m1/s1. The summed E-state index contributed by atoms with van der Waals surface area (Å²) in [5.41, 5.74) is 2.58. The molecule has 2 fully saturated rings. The van der Waals surface area contributed by atoms with E-state index in [1.165, 1.54) is 11.1 Å². The van der Waals surface area contributed by atoms with Gasteiger partial charge in [-0.1, -0.05) is 60.7 Å². The molecule has 2 saturated heterocycles. The number of carbonyl (C=O) groups is 1. The zero-order chi connectivity index (χ0) is 16.4. The third kappa shape index (κ3) is 2.96. The van der Waals surface area contributed by atoms with Crippen molar-refractivity contribution < 1.29 is 9.53 Å². The van der Waals surface area contributed by atoms with Crippen LogP contribution in [-0.4, -0.2) is 30.2 Å². The van der Waals surface area contributed by atoms with Crippen LogP contribution in [0.25, 0.3) is 0 Å². The monoisotopic (exact) mass is 321 g/mol. The average Bonchev–Trinajstić information content (AvgIpc) is 2.63. The van der Waals surface area contributed by atoms with E-state index in [1.54, 1.807) is 0 Å². The summed E-state index contributed by atoms with van der Waals surface area (Å²) in [4.78, 5) is 14.6. The van der Waals surface area contributed by atoms with Crippen molar-refractivity contribution in [1.82, 2.24) is 4.90 Å². The Balaban J connectivity index is 1.57. The lowest BCUT2D eigenvalue weighted by Gasteiger charge is -2.52. The van der Waals surface area contributed by atoms with Crippen LogP contribution in [0, 0.1) is 11.8 Å². The summed E-state index contributed by atoms with van der Waals surface area (Å²) in [7, 11) is 0. The summed E-state index contributed by atoms with van der Waals surface area (Å²) in [5, 5.41) is 0. The van der Waals surface area contributed by atoms with Gasteiger partial charge in [-0.3, -0.25) is 4.79 Å². The van der Waals surface area contributed by atoms with Crippen molar-refractivity contribution in [1.29, 1.82) is 0 Å². The molecule has 0 unspecified atom stereocenters. The Morgan fingerprint density at radius 1 is 0.958 bits per heavy atom. The van der Waals surface area contributed by atoms with Gasteiger partial charge in [-0.15, -0.1) is 0 Å². The molecule has 0 spiro atoms. The topological polar surface area (TPSA) is 29.5 Å². The summed E-state index contributed by atoms with van der Waals surface area (Å²) in [6, 6.07) is 21.0. The molecule has 0 aliphatic carbocycles. The summed E-state index contributed by atoms with van der Waals surface area (Å²) < 4.78 is 5.92. The summed E-state index contributed by atoms with van der Waals surface area (Å²) in [6.07, 6.45) is 2.78. The molecule has 1 amide bonds. The first kappa shape index (κ1) is 15.4. The number of rotatable bonds is 5. The molecule has 2 aromatic carbocycles. The van der Waals surface area contributed by atoms with Crippen molar-refractivity contribution in [3.63, 3.8) is 0 Å². The number of benzene rings is 2. The van der Waals surface area contributed by atoms with Crippen LogP contribution in [-0.2, 0) is 22.4 Å². The fourth-order valence-corrected chi connectivity index (χ4v) is 4.01. The first-order valence-corrected chi connectivity index (χ1v) is 8.83. The zero-order valence-electron chi connectivity index (χ0n) is 13.8. The highest BCUT2D eigenvalue weighted by atomic mass is 16.5. The molecule has 24 heavy (non-hydrogen) atoms. The van der Waals surface area contributed by atoms with Crippen molar-refractivity contribution in [3.8, 4) is 0 Å². The number of nitrogens with zero attached hydrogens (tertiary/aromatic N) is 1. The minimum Gasteiger partial charge on any atom is -0.357 e. The Kier molecular flexibility index (Phi) is 4.35. The van der Waals surface area contributed by atoms with Crippen molar-refractivity contribution >= 4 is 5.91 Å². The van der Waals surface area contributed by atoms with Gasteiger partial charge in [0.2, 0.25) is 5.91 Å². The molecular weight excluding hydrogens is 298 g/mol. The van der Waals surface area contributed by atoms with Crippen LogP contribution in [0.15, 0.2) is 60.7 Å². The first-order chi connectivity index (χ1) is 11.8. The molecule has 0 aromatic heterocycles. The molecule has 3 nitrogen and oxygen atoms in total. The highest BCUT2D eigenvalue weighted by molar-refractivity contribution is 5.86. The van der Waals surface area contributed by atoms with Crippen LogP contribution in [0.5, 0.6) is 0 Å². The predicted octanol–water partition coefficient (Wildman–Crippen LogP) is 3.29. The van der Waals surface area contributed by atoms with Gasteiger partial charge in [-0.2, -0.15) is 0 Å². The van der Waals surface area contributed by atoms with Crippen LogP contribution >= 0.6 is 0 Å². The van der Waals surface area contributed by atoms with Crippen molar-refractivity contribution in [2.75, 3.05) is 13.2 Å². The van der Waals surface area contributed by atoms with Crippen molar-refractivity contribution in [3.05, 3.63) is 71.8 Å². The smallest absolute Gasteiger partial charge is 0.232 e. The first-order valence-electron chi connectivity index (χ1n) is 8.83. The fraction of sp³-hybridized carbons (Fsp3) is 0.381. The number of amides is 1. The van der Waals surface area contributed by atoms with E-state index in [0.29, 0.717) is 0 Å². The molecule has 2 aliphatic heterocycles. The molecule has 2 atom stereocenters. The number of carbonyl (C=O) groups excluding carboxylic acids is 1. The Hall–Kier alpha value is -2.13. The molecule has 124 valence electrons. The Bertz CT molecular complexity index is 644. The number of β-lactam (4-membered cyclic amide) rings is 1. The van der Waals surface area contributed by atoms with Crippen LogP contribution < -0.4 is 0 Å². The van der Waals surface area contributed by atoms with Gasteiger partial charge in [-0.25, -0.2) is 0 Å². The second-order valence-electron chi connectivity index (χ2n) is 6.81. The maximum atomic E-state index is 12.7. The van der Waals surface area contributed by atoms with E-state index in [1.807, 2.05) is 17.0 Å². The van der Waals surface area contributed by atoms with Crippen LogP contribution in [0.1, 0.15) is 17.5 Å². The summed E-state index contributed by atoms with van der Waals surface area (Å²) >= 11 is 0. The quantitative estimate of drug-likeness (QED) is 0.791. The third-order valence-electron chi connectivity index (χ3n) is 5.20. The van der Waals surface area contributed by atoms with Crippen molar-refractivity contribution in [2.24, 2.45) is 11.8 Å². The molecular formula is C21H23NO2. The van der Waals surface area contributed by atoms with E-state index in [4.69, 9.17) is 4.74 Å². The van der Waals surface area contributed by atoms with Gasteiger partial charge in [-0.05, 0) is 36.3 Å². The largest absolute Gasteiger partial charge is 0.357 e. The minimum atomic E-state index is -0.0105. The molecule has 3 heteroatoms. The number of ether oxygens (including phenoxy) is 1. The van der Waals surface area contributed by atoms with E-state index in [0.717, 1.165) is 32.4 Å². The van der Waals surface area contributed by atoms with Gasteiger partial charge < -0.3 is 9.64 Å². The van der Waals surface area contributed by atoms with Crippen LogP contribution in [0.3, 0.4) is 0 Å². The lowest BCUT2D eigenvalue weighted by Crippen LogP contribution is -2.66. The normalized spacial score (nSPS) is 23.0. The second kappa shape index (κ2) is 6.78. The highest BCUT2D eigenvalue weighted by Gasteiger charge is 2.52. The van der Waals surface area contributed by atoms with Gasteiger partial charge in [0.1, 0.15) is 6.23 Å². The van der Waals surface area contributed by atoms with Crippen molar-refractivity contribution in [2.45, 2.75) is 25.5 Å². The summed E-state index contributed by atoms with van der Waals surface area (Å²) in [6.45, 7) is 1.62. The fourth-order valence-electron chi connectivity index (χ4n) is 4.01. The molecule has 2 aliphatic rings. The van der Waals surface area contributed by atoms with E-state index >= 15 is 0 Å². The van der Waals surface area contributed by atoms with Gasteiger partial charge in [0.15, 0.2) is 0 Å². The average molecular weight is 321 g/mol. The summed E-state index contributed by atoms with van der Waals surface area (Å²) in [5.74, 6) is 0.545. The minimum absolute atomic E-state index is 0.00860. The van der Waals surface area contributed by atoms with E-state index in [2.05, 4.69) is 48.5 Å². The molecule has 0 bridgehead atoms. The van der Waals surface area contributed by atoms with Crippen LogP contribution in [0.4, 0.5) is 0 Å². The van der Waals surface area contributed by atoms with Crippen LogP contribution in [0.2, 0.25) is 0 Å². The van der Waals surface area contributed by atoms with Gasteiger partial charge >= 0.3 is 0 Å². The van der Waals surface area contributed by atoms with Gasteiger partial charge in [0.05, 0.1) is 12.5 Å².